The molecule has 2 aliphatic heterocycles. The van der Waals surface area contributed by atoms with Crippen LogP contribution in [-0.2, 0) is 14.3 Å². The maximum absolute atomic E-state index is 13.8. The number of aromatic nitrogens is 1. The summed E-state index contributed by atoms with van der Waals surface area (Å²) < 4.78 is 6.61. The average Bonchev–Trinajstić information content (AvgIpc) is 3.31. The molecule has 182 valence electrons. The molecule has 4 atom stereocenters. The fourth-order valence-electron chi connectivity index (χ4n) is 4.79. The number of carbonyl (C=O) groups is 4. The average molecular weight is 487 g/mol. The van der Waals surface area contributed by atoms with Crippen molar-refractivity contribution < 1.29 is 23.9 Å². The van der Waals surface area contributed by atoms with Crippen molar-refractivity contribution in [3.05, 3.63) is 36.5 Å². The van der Waals surface area contributed by atoms with E-state index in [1.54, 1.807) is 27.4 Å². The minimum Gasteiger partial charge on any atom is -0.436 e. The second-order valence-electron chi connectivity index (χ2n) is 9.40. The molecule has 1 unspecified atom stereocenters. The van der Waals surface area contributed by atoms with Crippen LogP contribution in [0.1, 0.15) is 38.4 Å². The van der Waals surface area contributed by atoms with Crippen LogP contribution in [-0.4, -0.2) is 69.6 Å². The Morgan fingerprint density at radius 1 is 1.21 bits per heavy atom. The number of alkyl carbamates (subject to hydrolysis) is 1. The topological polar surface area (TPSA) is 110 Å². The maximum atomic E-state index is 13.8. The van der Waals surface area contributed by atoms with Crippen LogP contribution in [0.25, 0.3) is 10.9 Å². The highest BCUT2D eigenvalue weighted by Gasteiger charge is 2.54. The van der Waals surface area contributed by atoms with E-state index in [1.807, 2.05) is 44.2 Å². The first-order valence-electron chi connectivity index (χ1n) is 11.4. The van der Waals surface area contributed by atoms with Crippen molar-refractivity contribution in [2.24, 2.45) is 5.41 Å². The largest absolute Gasteiger partial charge is 0.436 e. The van der Waals surface area contributed by atoms with E-state index in [9.17, 15) is 19.2 Å². The molecule has 2 aliphatic rings. The first-order valence-corrected chi connectivity index (χ1v) is 12.4. The summed E-state index contributed by atoms with van der Waals surface area (Å²) in [5.41, 5.74) is 0.351. The molecule has 2 aromatic rings. The van der Waals surface area contributed by atoms with E-state index < -0.39 is 35.6 Å². The number of rotatable bonds is 4. The van der Waals surface area contributed by atoms with Gasteiger partial charge in [0.25, 0.3) is 11.8 Å². The molecule has 2 saturated heterocycles. The highest BCUT2D eigenvalue weighted by Crippen LogP contribution is 2.47. The van der Waals surface area contributed by atoms with Gasteiger partial charge < -0.3 is 20.3 Å². The molecule has 2 fully saturated rings. The Morgan fingerprint density at radius 3 is 2.68 bits per heavy atom. The van der Waals surface area contributed by atoms with Gasteiger partial charge in [0.05, 0.1) is 10.9 Å². The molecule has 1 aromatic carbocycles. The van der Waals surface area contributed by atoms with Crippen LogP contribution < -0.4 is 10.6 Å². The van der Waals surface area contributed by atoms with Gasteiger partial charge in [-0.1, -0.05) is 32.0 Å². The number of carbonyl (C=O) groups excluding carboxylic acids is 4. The third kappa shape index (κ3) is 4.38. The van der Waals surface area contributed by atoms with Gasteiger partial charge in [0, 0.05) is 18.6 Å². The number of ether oxygens (including phenoxy) is 1. The van der Waals surface area contributed by atoms with Gasteiger partial charge in [0.1, 0.15) is 12.1 Å². The van der Waals surface area contributed by atoms with Crippen molar-refractivity contribution in [2.75, 3.05) is 12.8 Å². The van der Waals surface area contributed by atoms with Gasteiger partial charge >= 0.3 is 6.09 Å². The lowest BCUT2D eigenvalue weighted by molar-refractivity contribution is -0.139. The first-order chi connectivity index (χ1) is 16.1. The summed E-state index contributed by atoms with van der Waals surface area (Å²) in [5.74, 6) is -0.337. The van der Waals surface area contributed by atoms with Crippen LogP contribution in [0, 0.1) is 5.41 Å². The van der Waals surface area contributed by atoms with Crippen LogP contribution in [0.4, 0.5) is 4.79 Å². The van der Waals surface area contributed by atoms with Gasteiger partial charge in [0.2, 0.25) is 5.91 Å². The normalized spacial score (nSPS) is 24.8. The molecule has 4 rings (SSSR count). The number of nitrogens with one attached hydrogen (secondary N) is 2. The van der Waals surface area contributed by atoms with E-state index in [-0.39, 0.29) is 17.2 Å². The zero-order chi connectivity index (χ0) is 24.6. The van der Waals surface area contributed by atoms with Gasteiger partial charge in [-0.3, -0.25) is 19.0 Å². The molecule has 3 amide bonds. The highest BCUT2D eigenvalue weighted by molar-refractivity contribution is 7.99. The molecule has 9 nitrogen and oxygen atoms in total. The molecule has 0 radical (unpaired) electrons. The van der Waals surface area contributed by atoms with Gasteiger partial charge in [0.15, 0.2) is 6.10 Å². The fraction of sp³-hybridized carbons (Fsp3) is 0.500. The van der Waals surface area contributed by atoms with E-state index in [4.69, 9.17) is 4.74 Å². The Kier molecular flexibility index (Phi) is 6.62. The number of para-hydroxylation sites is 1. The third-order valence-electron chi connectivity index (χ3n) is 6.54. The zero-order valence-electron chi connectivity index (χ0n) is 19.7. The lowest BCUT2D eigenvalue weighted by Crippen LogP contribution is -2.56. The summed E-state index contributed by atoms with van der Waals surface area (Å²) in [6.45, 7) is 5.47. The number of hydrogen-bond donors (Lipinski definition) is 2. The van der Waals surface area contributed by atoms with Gasteiger partial charge in [-0.25, -0.2) is 4.79 Å². The van der Waals surface area contributed by atoms with Crippen molar-refractivity contribution in [1.29, 1.82) is 0 Å². The molecule has 0 saturated carbocycles. The van der Waals surface area contributed by atoms with E-state index in [0.717, 1.165) is 10.9 Å². The number of benzene rings is 1. The van der Waals surface area contributed by atoms with Crippen molar-refractivity contribution in [3.8, 4) is 0 Å². The second kappa shape index (κ2) is 9.32. The van der Waals surface area contributed by atoms with Crippen molar-refractivity contribution >= 4 is 46.5 Å². The lowest BCUT2D eigenvalue weighted by atomic mass is 9.84. The molecule has 1 aromatic heterocycles. The smallest absolute Gasteiger partial charge is 0.407 e. The first kappa shape index (κ1) is 24.1. The lowest BCUT2D eigenvalue weighted by Gasteiger charge is -2.34. The van der Waals surface area contributed by atoms with Gasteiger partial charge in [-0.15, -0.1) is 11.8 Å². The predicted octanol–water partition coefficient (Wildman–Crippen LogP) is 2.60. The Hall–Kier alpha value is -3.01. The standard InChI is InChI=1S/C24H30N4O5S/c1-14(33-23(32)25-4)20(29)26-16-10-12-34-18-13-24(2,3)19(28(18)21(16)30)22(31)27-11-9-15-7-5-6-8-17(15)27/h5-9,11,14,16,18-19H,10,12-13H2,1-4H3,(H,25,32)(H,26,29)/t14?,16-,18-,19+/m0/s1. The summed E-state index contributed by atoms with van der Waals surface area (Å²) in [4.78, 5) is 53.3. The van der Waals surface area contributed by atoms with Gasteiger partial charge in [-0.2, -0.15) is 0 Å². The Labute approximate surface area is 202 Å². The highest BCUT2D eigenvalue weighted by atomic mass is 32.2. The summed E-state index contributed by atoms with van der Waals surface area (Å²) in [7, 11) is 1.40. The number of hydrogen-bond acceptors (Lipinski definition) is 6. The number of nitrogens with zero attached hydrogens (tertiary/aromatic N) is 2. The Bertz CT molecular complexity index is 1130. The van der Waals surface area contributed by atoms with E-state index in [2.05, 4.69) is 10.6 Å². The molecule has 0 aliphatic carbocycles. The molecule has 2 N–H and O–H groups in total. The fourth-order valence-corrected chi connectivity index (χ4v) is 6.37. The summed E-state index contributed by atoms with van der Waals surface area (Å²) in [6.07, 6.45) is 1.08. The van der Waals surface area contributed by atoms with Gasteiger partial charge in [-0.05, 0) is 43.1 Å². The summed E-state index contributed by atoms with van der Waals surface area (Å²) in [5, 5.41) is 5.83. The van der Waals surface area contributed by atoms with Crippen molar-refractivity contribution in [2.45, 2.75) is 57.2 Å². The Balaban J connectivity index is 1.60. The van der Waals surface area contributed by atoms with Crippen LogP contribution in [0.5, 0.6) is 0 Å². The van der Waals surface area contributed by atoms with E-state index in [0.29, 0.717) is 18.6 Å². The minimum atomic E-state index is -1.06. The third-order valence-corrected chi connectivity index (χ3v) is 7.79. The quantitative estimate of drug-likeness (QED) is 0.688. The number of thioether (sulfide) groups is 1. The summed E-state index contributed by atoms with van der Waals surface area (Å²) >= 11 is 1.63. The molecule has 34 heavy (non-hydrogen) atoms. The SMILES string of the molecule is CNC(=O)OC(C)C(=O)N[C@H]1CCS[C@H]2CC(C)(C)[C@@H](C(=O)n3ccc4ccccc43)N2C1=O. The predicted molar refractivity (Wildman–Crippen MR) is 129 cm³/mol. The molecular formula is C24H30N4O5S. The van der Waals surface area contributed by atoms with Crippen molar-refractivity contribution in [3.63, 3.8) is 0 Å². The molecular weight excluding hydrogens is 456 g/mol. The molecule has 10 heteroatoms. The monoisotopic (exact) mass is 486 g/mol. The number of fused-ring (bicyclic) bond motifs is 2. The van der Waals surface area contributed by atoms with Crippen LogP contribution >= 0.6 is 11.8 Å². The molecule has 0 bridgehead atoms. The molecule has 0 spiro atoms. The van der Waals surface area contributed by atoms with Crippen LogP contribution in [0.2, 0.25) is 0 Å². The molecule has 3 heterocycles. The summed E-state index contributed by atoms with van der Waals surface area (Å²) in [6, 6.07) is 8.06. The van der Waals surface area contributed by atoms with Crippen LogP contribution in [0.15, 0.2) is 36.5 Å². The Morgan fingerprint density at radius 2 is 1.94 bits per heavy atom. The zero-order valence-corrected chi connectivity index (χ0v) is 20.6. The van der Waals surface area contributed by atoms with Crippen LogP contribution in [0.3, 0.4) is 0 Å². The van der Waals surface area contributed by atoms with Crippen molar-refractivity contribution in [1.82, 2.24) is 20.1 Å². The second-order valence-corrected chi connectivity index (χ2v) is 10.7. The van der Waals surface area contributed by atoms with E-state index >= 15 is 0 Å². The minimum absolute atomic E-state index is 0.153. The maximum Gasteiger partial charge on any atom is 0.407 e. The van der Waals surface area contributed by atoms with E-state index in [1.165, 1.54) is 14.0 Å². The number of amides is 3.